The molecule has 4 rings (SSSR count). The van der Waals surface area contributed by atoms with Crippen molar-refractivity contribution in [2.75, 3.05) is 33.0 Å². The van der Waals surface area contributed by atoms with Gasteiger partial charge in [0.05, 0.1) is 24.8 Å². The van der Waals surface area contributed by atoms with Gasteiger partial charge in [-0.1, -0.05) is 0 Å². The zero-order chi connectivity index (χ0) is 17.9. The molecular weight excluding hydrogens is 330 g/mol. The van der Waals surface area contributed by atoms with E-state index in [9.17, 15) is 0 Å². The molecule has 2 aromatic heterocycles. The van der Waals surface area contributed by atoms with Crippen molar-refractivity contribution in [1.29, 1.82) is 0 Å². The zero-order valence-electron chi connectivity index (χ0n) is 15.8. The summed E-state index contributed by atoms with van der Waals surface area (Å²) in [5.74, 6) is 1.01. The van der Waals surface area contributed by atoms with Crippen LogP contribution < -0.4 is 0 Å². The van der Waals surface area contributed by atoms with Gasteiger partial charge in [0, 0.05) is 76.9 Å². The van der Waals surface area contributed by atoms with E-state index in [4.69, 9.17) is 9.47 Å². The van der Waals surface area contributed by atoms with Gasteiger partial charge in [0.1, 0.15) is 0 Å². The summed E-state index contributed by atoms with van der Waals surface area (Å²) in [7, 11) is 4.05. The van der Waals surface area contributed by atoms with Crippen LogP contribution in [0.4, 0.5) is 0 Å². The minimum absolute atomic E-state index is 0.364. The lowest BCUT2D eigenvalue weighted by molar-refractivity contribution is 0.0127. The monoisotopic (exact) mass is 359 g/mol. The second kappa shape index (κ2) is 7.90. The fourth-order valence-corrected chi connectivity index (χ4v) is 4.16. The fourth-order valence-electron chi connectivity index (χ4n) is 4.16. The predicted octanol–water partition coefficient (Wildman–Crippen LogP) is 1.70. The number of hydrogen-bond acceptors (Lipinski definition) is 5. The van der Waals surface area contributed by atoms with Crippen LogP contribution in [-0.4, -0.2) is 57.2 Å². The van der Waals surface area contributed by atoms with Crippen LogP contribution in [0.25, 0.3) is 0 Å². The van der Waals surface area contributed by atoms with Crippen LogP contribution in [0.15, 0.2) is 18.7 Å². The van der Waals surface area contributed by atoms with Crippen molar-refractivity contribution in [1.82, 2.24) is 24.2 Å². The van der Waals surface area contributed by atoms with Crippen LogP contribution in [0, 0.1) is 5.92 Å². The molecule has 1 atom stereocenters. The van der Waals surface area contributed by atoms with E-state index in [1.54, 1.807) is 0 Å². The quantitative estimate of drug-likeness (QED) is 0.786. The molecule has 26 heavy (non-hydrogen) atoms. The first-order valence-electron chi connectivity index (χ1n) is 9.54. The Balaban J connectivity index is 1.39. The number of ether oxygens (including phenoxy) is 2. The van der Waals surface area contributed by atoms with Crippen molar-refractivity contribution >= 4 is 0 Å². The molecule has 0 aromatic carbocycles. The fraction of sp³-hybridized carbons (Fsp3) is 0.684. The van der Waals surface area contributed by atoms with Gasteiger partial charge >= 0.3 is 0 Å². The van der Waals surface area contributed by atoms with Gasteiger partial charge in [-0.2, -0.15) is 5.10 Å². The average molecular weight is 359 g/mol. The van der Waals surface area contributed by atoms with Crippen LogP contribution in [-0.2, 0) is 36.7 Å². The summed E-state index contributed by atoms with van der Waals surface area (Å²) in [4.78, 5) is 7.08. The van der Waals surface area contributed by atoms with E-state index in [2.05, 4.69) is 32.8 Å². The molecule has 1 saturated heterocycles. The first-order valence-corrected chi connectivity index (χ1v) is 9.54. The Kier molecular flexibility index (Phi) is 5.38. The average Bonchev–Trinajstić information content (AvgIpc) is 3.22. The Hall–Kier alpha value is -1.70. The van der Waals surface area contributed by atoms with Gasteiger partial charge in [-0.3, -0.25) is 9.58 Å². The topological polar surface area (TPSA) is 57.3 Å². The van der Waals surface area contributed by atoms with Crippen LogP contribution >= 0.6 is 0 Å². The van der Waals surface area contributed by atoms with Gasteiger partial charge in [0.2, 0.25) is 0 Å². The van der Waals surface area contributed by atoms with E-state index in [0.717, 1.165) is 58.9 Å². The van der Waals surface area contributed by atoms with Crippen molar-refractivity contribution in [2.24, 2.45) is 20.0 Å². The van der Waals surface area contributed by atoms with E-state index >= 15 is 0 Å². The standard InChI is InChI=1S/C19H29N5O2/c1-22-14-20-18-11-24(9-16-7-21-23(2)8-16)10-17(19(18)22)13-26-12-15-3-5-25-6-4-15/h7-8,14-15,17H,3-6,9-13H2,1-2H3. The van der Waals surface area contributed by atoms with Crippen molar-refractivity contribution in [3.8, 4) is 0 Å². The third-order valence-electron chi connectivity index (χ3n) is 5.48. The number of imidazole rings is 1. The Morgan fingerprint density at radius 2 is 2.08 bits per heavy atom. The summed E-state index contributed by atoms with van der Waals surface area (Å²) in [6.07, 6.45) is 8.21. The van der Waals surface area contributed by atoms with E-state index in [-0.39, 0.29) is 0 Å². The highest BCUT2D eigenvalue weighted by Gasteiger charge is 2.29. The molecular formula is C19H29N5O2. The minimum Gasteiger partial charge on any atom is -0.381 e. The van der Waals surface area contributed by atoms with Gasteiger partial charge in [-0.25, -0.2) is 4.98 Å². The third kappa shape index (κ3) is 4.00. The summed E-state index contributed by atoms with van der Waals surface area (Å²) in [5, 5.41) is 4.29. The van der Waals surface area contributed by atoms with Gasteiger partial charge < -0.3 is 14.0 Å². The maximum atomic E-state index is 6.16. The van der Waals surface area contributed by atoms with E-state index in [1.807, 2.05) is 24.3 Å². The third-order valence-corrected chi connectivity index (χ3v) is 5.48. The lowest BCUT2D eigenvalue weighted by atomic mass is 9.98. The smallest absolute Gasteiger partial charge is 0.0949 e. The second-order valence-corrected chi connectivity index (χ2v) is 7.67. The van der Waals surface area contributed by atoms with Gasteiger partial charge in [-0.15, -0.1) is 0 Å². The zero-order valence-corrected chi connectivity index (χ0v) is 15.8. The number of aromatic nitrogens is 4. The molecule has 0 spiro atoms. The molecule has 0 amide bonds. The van der Waals surface area contributed by atoms with E-state index in [0.29, 0.717) is 11.8 Å². The van der Waals surface area contributed by atoms with E-state index < -0.39 is 0 Å². The Morgan fingerprint density at radius 3 is 2.85 bits per heavy atom. The Bertz CT molecular complexity index is 719. The largest absolute Gasteiger partial charge is 0.381 e. The summed E-state index contributed by atoms with van der Waals surface area (Å²) in [5.41, 5.74) is 3.76. The lowest BCUT2D eigenvalue weighted by Crippen LogP contribution is -2.36. The van der Waals surface area contributed by atoms with Crippen molar-refractivity contribution in [3.63, 3.8) is 0 Å². The van der Waals surface area contributed by atoms with Gasteiger partial charge in [-0.05, 0) is 18.8 Å². The summed E-state index contributed by atoms with van der Waals surface area (Å²) < 4.78 is 15.6. The predicted molar refractivity (Wildman–Crippen MR) is 97.6 cm³/mol. The normalized spacial score (nSPS) is 21.8. The van der Waals surface area contributed by atoms with Crippen LogP contribution in [0.5, 0.6) is 0 Å². The van der Waals surface area contributed by atoms with Crippen LogP contribution in [0.2, 0.25) is 0 Å². The highest BCUT2D eigenvalue weighted by molar-refractivity contribution is 5.22. The molecule has 2 aliphatic heterocycles. The summed E-state index contributed by atoms with van der Waals surface area (Å²) in [6.45, 7) is 6.14. The molecule has 1 fully saturated rings. The first-order chi connectivity index (χ1) is 12.7. The molecule has 0 saturated carbocycles. The van der Waals surface area contributed by atoms with Crippen molar-refractivity contribution in [3.05, 3.63) is 35.7 Å². The molecule has 7 heteroatoms. The molecule has 4 heterocycles. The first kappa shape index (κ1) is 17.7. The van der Waals surface area contributed by atoms with E-state index in [1.165, 1.54) is 17.0 Å². The Morgan fingerprint density at radius 1 is 1.23 bits per heavy atom. The number of hydrogen-bond donors (Lipinski definition) is 0. The molecule has 0 aliphatic carbocycles. The molecule has 142 valence electrons. The minimum atomic E-state index is 0.364. The SMILES string of the molecule is Cn1cc(CN2Cc3ncn(C)c3C(COCC3CCOCC3)C2)cn1. The highest BCUT2D eigenvalue weighted by atomic mass is 16.5. The maximum absolute atomic E-state index is 6.16. The number of rotatable bonds is 6. The number of fused-ring (bicyclic) bond motifs is 1. The highest BCUT2D eigenvalue weighted by Crippen LogP contribution is 2.29. The molecule has 0 N–H and O–H groups in total. The van der Waals surface area contributed by atoms with Crippen molar-refractivity contribution in [2.45, 2.75) is 31.8 Å². The van der Waals surface area contributed by atoms with Crippen LogP contribution in [0.3, 0.4) is 0 Å². The van der Waals surface area contributed by atoms with Crippen LogP contribution in [0.1, 0.15) is 35.7 Å². The lowest BCUT2D eigenvalue weighted by Gasteiger charge is -2.33. The maximum Gasteiger partial charge on any atom is 0.0949 e. The van der Waals surface area contributed by atoms with Gasteiger partial charge in [0.15, 0.2) is 0 Å². The molecule has 2 aromatic rings. The second-order valence-electron chi connectivity index (χ2n) is 7.67. The summed E-state index contributed by atoms with van der Waals surface area (Å²) in [6, 6.07) is 0. The van der Waals surface area contributed by atoms with Crippen molar-refractivity contribution < 1.29 is 9.47 Å². The molecule has 2 aliphatic rings. The number of aryl methyl sites for hydroxylation is 2. The molecule has 0 radical (unpaired) electrons. The molecule has 1 unspecified atom stereocenters. The summed E-state index contributed by atoms with van der Waals surface area (Å²) >= 11 is 0. The number of nitrogens with zero attached hydrogens (tertiary/aromatic N) is 5. The molecule has 7 nitrogen and oxygen atoms in total. The molecule has 0 bridgehead atoms. The van der Waals surface area contributed by atoms with Gasteiger partial charge in [0.25, 0.3) is 0 Å². The Labute approximate surface area is 154 Å².